The molecule has 4 heteroatoms. The summed E-state index contributed by atoms with van der Waals surface area (Å²) in [4.78, 5) is 2.69. The normalized spacial score (nSPS) is 10.4. The van der Waals surface area contributed by atoms with Crippen LogP contribution in [0.4, 0.5) is 5.69 Å². The van der Waals surface area contributed by atoms with Gasteiger partial charge in [0.2, 0.25) is 0 Å². The molecular formula is C12H16N4. The van der Waals surface area contributed by atoms with E-state index >= 15 is 0 Å². The Kier molecular flexibility index (Phi) is 4.42. The van der Waals surface area contributed by atoms with Crippen molar-refractivity contribution in [1.82, 2.24) is 0 Å². The van der Waals surface area contributed by atoms with E-state index in [0.29, 0.717) is 6.54 Å². The minimum atomic E-state index is 0.484. The van der Waals surface area contributed by atoms with Crippen LogP contribution < -0.4 is 5.73 Å². The number of aryl methyl sites for hydroxylation is 2. The zero-order valence-electron chi connectivity index (χ0n) is 9.64. The molecule has 0 heterocycles. The van der Waals surface area contributed by atoms with Crippen LogP contribution in [-0.4, -0.2) is 6.54 Å². The monoisotopic (exact) mass is 216 g/mol. The first-order valence-corrected chi connectivity index (χ1v) is 5.19. The van der Waals surface area contributed by atoms with Crippen molar-refractivity contribution in [3.8, 4) is 0 Å². The van der Waals surface area contributed by atoms with E-state index in [4.69, 9.17) is 11.3 Å². The summed E-state index contributed by atoms with van der Waals surface area (Å²) < 4.78 is 0. The van der Waals surface area contributed by atoms with Crippen molar-refractivity contribution in [3.63, 3.8) is 0 Å². The third-order valence-corrected chi connectivity index (χ3v) is 2.32. The molecule has 0 fully saturated rings. The summed E-state index contributed by atoms with van der Waals surface area (Å²) in [5.74, 6) is 0. The molecule has 1 aromatic rings. The first-order chi connectivity index (χ1) is 7.65. The largest absolute Gasteiger partial charge is 0.398 e. The maximum atomic E-state index is 8.11. The summed E-state index contributed by atoms with van der Waals surface area (Å²) in [5, 5.41) is 3.46. The molecule has 0 saturated heterocycles. The van der Waals surface area contributed by atoms with Gasteiger partial charge in [-0.25, -0.2) is 0 Å². The van der Waals surface area contributed by atoms with Crippen LogP contribution in [0.1, 0.15) is 23.1 Å². The van der Waals surface area contributed by atoms with E-state index in [0.717, 1.165) is 23.2 Å². The van der Waals surface area contributed by atoms with Crippen molar-refractivity contribution in [3.05, 3.63) is 45.3 Å². The van der Waals surface area contributed by atoms with Crippen LogP contribution in [-0.2, 0) is 0 Å². The molecule has 0 spiro atoms. The molecule has 2 N–H and O–H groups in total. The topological polar surface area (TPSA) is 74.8 Å². The lowest BCUT2D eigenvalue weighted by Gasteiger charge is -2.06. The number of benzene rings is 1. The molecule has 0 atom stereocenters. The Balaban J connectivity index is 2.76. The molecule has 0 radical (unpaired) electrons. The summed E-state index contributed by atoms with van der Waals surface area (Å²) in [7, 11) is 0. The fourth-order valence-electron chi connectivity index (χ4n) is 1.54. The van der Waals surface area contributed by atoms with Gasteiger partial charge in [-0.3, -0.25) is 0 Å². The van der Waals surface area contributed by atoms with Crippen LogP contribution in [0.15, 0.2) is 23.3 Å². The standard InChI is InChI=1S/C12H16N4/c1-9-7-10(2)12(13)11(8-9)5-3-4-6-15-16-14/h3,5,7-8H,4,6,13H2,1-2H3. The zero-order valence-corrected chi connectivity index (χ0v) is 9.64. The van der Waals surface area contributed by atoms with E-state index in [1.807, 2.05) is 32.1 Å². The van der Waals surface area contributed by atoms with E-state index in [1.165, 1.54) is 5.56 Å². The molecule has 0 aromatic heterocycles. The van der Waals surface area contributed by atoms with Gasteiger partial charge in [-0.2, -0.15) is 0 Å². The highest BCUT2D eigenvalue weighted by atomic mass is 15.1. The lowest BCUT2D eigenvalue weighted by molar-refractivity contribution is 0.995. The van der Waals surface area contributed by atoms with Gasteiger partial charge in [0.15, 0.2) is 0 Å². The van der Waals surface area contributed by atoms with Gasteiger partial charge in [0, 0.05) is 17.1 Å². The number of azide groups is 1. The predicted molar refractivity (Wildman–Crippen MR) is 68.0 cm³/mol. The number of hydrogen-bond acceptors (Lipinski definition) is 2. The van der Waals surface area contributed by atoms with Gasteiger partial charge >= 0.3 is 0 Å². The van der Waals surface area contributed by atoms with Crippen LogP contribution in [0, 0.1) is 13.8 Å². The SMILES string of the molecule is Cc1cc(C)c(N)c(C=CCCN=[N+]=[N-])c1. The second kappa shape index (κ2) is 5.83. The first kappa shape index (κ1) is 12.1. The summed E-state index contributed by atoms with van der Waals surface area (Å²) in [6.45, 7) is 4.53. The highest BCUT2D eigenvalue weighted by Gasteiger charge is 1.99. The van der Waals surface area contributed by atoms with E-state index in [2.05, 4.69) is 16.1 Å². The average molecular weight is 216 g/mol. The van der Waals surface area contributed by atoms with E-state index in [1.54, 1.807) is 0 Å². The van der Waals surface area contributed by atoms with Crippen molar-refractivity contribution in [2.24, 2.45) is 5.11 Å². The Morgan fingerprint density at radius 1 is 1.44 bits per heavy atom. The molecule has 1 aromatic carbocycles. The third-order valence-electron chi connectivity index (χ3n) is 2.32. The Labute approximate surface area is 95.4 Å². The zero-order chi connectivity index (χ0) is 12.0. The van der Waals surface area contributed by atoms with Crippen molar-refractivity contribution >= 4 is 11.8 Å². The molecule has 4 nitrogen and oxygen atoms in total. The molecule has 0 saturated carbocycles. The second-order valence-electron chi connectivity index (χ2n) is 3.73. The van der Waals surface area contributed by atoms with Crippen LogP contribution >= 0.6 is 0 Å². The van der Waals surface area contributed by atoms with Gasteiger partial charge in [-0.15, -0.1) is 0 Å². The number of hydrogen-bond donors (Lipinski definition) is 1. The maximum absolute atomic E-state index is 8.11. The molecule has 0 amide bonds. The fourth-order valence-corrected chi connectivity index (χ4v) is 1.54. The lowest BCUT2D eigenvalue weighted by Crippen LogP contribution is -1.94. The summed E-state index contributed by atoms with van der Waals surface area (Å²) >= 11 is 0. The molecule has 0 aliphatic heterocycles. The van der Waals surface area contributed by atoms with Gasteiger partial charge in [0.05, 0.1) is 0 Å². The Morgan fingerprint density at radius 2 is 2.19 bits per heavy atom. The van der Waals surface area contributed by atoms with Crippen molar-refractivity contribution in [2.45, 2.75) is 20.3 Å². The van der Waals surface area contributed by atoms with Gasteiger partial charge in [0.1, 0.15) is 0 Å². The highest BCUT2D eigenvalue weighted by Crippen LogP contribution is 2.20. The van der Waals surface area contributed by atoms with E-state index in [9.17, 15) is 0 Å². The fraction of sp³-hybridized carbons (Fsp3) is 0.333. The van der Waals surface area contributed by atoms with Gasteiger partial charge in [-0.1, -0.05) is 28.9 Å². The van der Waals surface area contributed by atoms with Crippen molar-refractivity contribution < 1.29 is 0 Å². The van der Waals surface area contributed by atoms with Gasteiger partial charge in [-0.05, 0) is 43.0 Å². The molecule has 0 aliphatic rings. The molecule has 84 valence electrons. The predicted octanol–water partition coefficient (Wildman–Crippen LogP) is 3.60. The number of nitrogens with zero attached hydrogens (tertiary/aromatic N) is 3. The number of anilines is 1. The highest BCUT2D eigenvalue weighted by molar-refractivity contribution is 5.68. The van der Waals surface area contributed by atoms with Crippen LogP contribution in [0.5, 0.6) is 0 Å². The van der Waals surface area contributed by atoms with Crippen LogP contribution in [0.3, 0.4) is 0 Å². The summed E-state index contributed by atoms with van der Waals surface area (Å²) in [6, 6.07) is 4.11. The summed E-state index contributed by atoms with van der Waals surface area (Å²) in [6.07, 6.45) is 4.68. The number of nitrogens with two attached hydrogens (primary N) is 1. The Bertz CT molecular complexity index is 443. The molecule has 16 heavy (non-hydrogen) atoms. The second-order valence-corrected chi connectivity index (χ2v) is 3.73. The smallest absolute Gasteiger partial charge is 0.0417 e. The van der Waals surface area contributed by atoms with Crippen LogP contribution in [0.25, 0.3) is 16.5 Å². The summed E-state index contributed by atoms with van der Waals surface area (Å²) in [5.41, 5.74) is 18.2. The molecule has 0 unspecified atom stereocenters. The van der Waals surface area contributed by atoms with Crippen LogP contribution in [0.2, 0.25) is 0 Å². The number of rotatable bonds is 4. The average Bonchev–Trinajstić information content (AvgIpc) is 2.24. The third kappa shape index (κ3) is 3.33. The minimum Gasteiger partial charge on any atom is -0.398 e. The van der Waals surface area contributed by atoms with E-state index < -0.39 is 0 Å². The first-order valence-electron chi connectivity index (χ1n) is 5.19. The quantitative estimate of drug-likeness (QED) is 0.270. The molecule has 1 rings (SSSR count). The maximum Gasteiger partial charge on any atom is 0.0417 e. The van der Waals surface area contributed by atoms with Gasteiger partial charge in [0.25, 0.3) is 0 Å². The van der Waals surface area contributed by atoms with Gasteiger partial charge < -0.3 is 5.73 Å². The Hall–Kier alpha value is -1.93. The molecule has 0 aliphatic carbocycles. The van der Waals surface area contributed by atoms with E-state index in [-0.39, 0.29) is 0 Å². The van der Waals surface area contributed by atoms with Crippen molar-refractivity contribution in [1.29, 1.82) is 0 Å². The minimum absolute atomic E-state index is 0.484. The number of nitrogen functional groups attached to an aromatic ring is 1. The molecule has 0 bridgehead atoms. The lowest BCUT2D eigenvalue weighted by atomic mass is 10.0. The molecular weight excluding hydrogens is 200 g/mol. The Morgan fingerprint density at radius 3 is 2.88 bits per heavy atom. The van der Waals surface area contributed by atoms with Crippen molar-refractivity contribution in [2.75, 3.05) is 12.3 Å².